The van der Waals surface area contributed by atoms with Gasteiger partial charge >= 0.3 is 0 Å². The predicted octanol–water partition coefficient (Wildman–Crippen LogP) is 14.1. The van der Waals surface area contributed by atoms with Gasteiger partial charge in [0.05, 0.1) is 12.3 Å². The molecule has 0 N–H and O–H groups in total. The van der Waals surface area contributed by atoms with Gasteiger partial charge < -0.3 is 0 Å². The Hall–Kier alpha value is -6.53. The van der Waals surface area contributed by atoms with Crippen LogP contribution in [0.5, 0.6) is 0 Å². The molecule has 0 atom stereocenters. The van der Waals surface area contributed by atoms with Crippen LogP contribution in [0.2, 0.25) is 0 Å². The molecule has 5 heteroatoms. The molecule has 0 saturated heterocycles. The van der Waals surface area contributed by atoms with Gasteiger partial charge in [-0.05, 0) is 51.2 Å². The van der Waals surface area contributed by atoms with Crippen LogP contribution in [0.1, 0.15) is 12.3 Å². The first kappa shape index (κ1) is 23.2. The van der Waals surface area contributed by atoms with Gasteiger partial charge in [0.1, 0.15) is 0 Å². The van der Waals surface area contributed by atoms with E-state index in [0.29, 0.717) is 43.6 Å². The van der Waals surface area contributed by atoms with Crippen LogP contribution >= 0.6 is 22.7 Å². The summed E-state index contributed by atoms with van der Waals surface area (Å²) in [6, 6.07) is 36.7. The summed E-state index contributed by atoms with van der Waals surface area (Å²) in [5.74, 6) is 1.31. The van der Waals surface area contributed by atoms with Crippen molar-refractivity contribution in [2.45, 2.75) is 0 Å². The second-order valence-electron chi connectivity index (χ2n) is 12.9. The van der Waals surface area contributed by atoms with Gasteiger partial charge in [-0.15, -0.1) is 22.7 Å². The molecule has 0 fully saturated rings. The Kier molecular flexibility index (Phi) is 5.40. The highest BCUT2D eigenvalue weighted by atomic mass is 32.1. The molecule has 54 heavy (non-hydrogen) atoms. The van der Waals surface area contributed by atoms with Crippen molar-refractivity contribution >= 4 is 73.8 Å². The van der Waals surface area contributed by atoms with Crippen LogP contribution in [-0.2, 0) is 0 Å². The number of fused-ring (bicyclic) bond motifs is 8. The number of aromatic nitrogens is 3. The van der Waals surface area contributed by atoms with Crippen LogP contribution < -0.4 is 0 Å². The monoisotopic (exact) mass is 732 g/mol. The standard InChI is InChI=1S/C49H29N3S2/c1-3-12-30(13-4-1)36-20-11-23-42-44(36)41-27-25-35(29-43(41)53-42)49-51-47(32-15-5-2-6-16-32)50-48(52-49)34-18-9-17-33(28-34)38-21-10-22-39-40-26-24-31-14-7-8-19-37(31)45(40)54-46(38)39/h1-29H/i7D,8D,10D,14D,19D,21D,22D,24D,26D. The fraction of sp³-hybridized carbons (Fsp3) is 0. The van der Waals surface area contributed by atoms with Gasteiger partial charge in [-0.25, -0.2) is 15.0 Å². The summed E-state index contributed by atoms with van der Waals surface area (Å²) in [7, 11) is 0. The number of rotatable bonds is 5. The molecular weight excluding hydrogens is 695 g/mol. The summed E-state index contributed by atoms with van der Waals surface area (Å²) in [5.41, 5.74) is 5.37. The zero-order chi connectivity index (χ0) is 43.4. The molecule has 3 heterocycles. The molecule has 0 saturated carbocycles. The minimum atomic E-state index is -0.503. The third kappa shape index (κ3) is 5.12. The Balaban J connectivity index is 1.11. The lowest BCUT2D eigenvalue weighted by Crippen LogP contribution is -2.00. The Morgan fingerprint density at radius 3 is 1.89 bits per heavy atom. The summed E-state index contributed by atoms with van der Waals surface area (Å²) >= 11 is 2.81. The number of hydrogen-bond acceptors (Lipinski definition) is 5. The van der Waals surface area contributed by atoms with Gasteiger partial charge in [-0.3, -0.25) is 0 Å². The van der Waals surface area contributed by atoms with Crippen LogP contribution in [0.3, 0.4) is 0 Å². The van der Waals surface area contributed by atoms with Gasteiger partial charge in [-0.1, -0.05) is 158 Å². The molecule has 3 nitrogen and oxygen atoms in total. The quantitative estimate of drug-likeness (QED) is 0.177. The van der Waals surface area contributed by atoms with Crippen molar-refractivity contribution in [3.63, 3.8) is 0 Å². The zero-order valence-corrected chi connectivity index (χ0v) is 29.8. The van der Waals surface area contributed by atoms with E-state index in [1.54, 1.807) is 17.4 Å². The first-order chi connectivity index (χ1) is 30.5. The summed E-state index contributed by atoms with van der Waals surface area (Å²) < 4.78 is 82.2. The van der Waals surface area contributed by atoms with Crippen LogP contribution in [0, 0.1) is 0 Å². The molecule has 3 aromatic heterocycles. The Morgan fingerprint density at radius 1 is 0.389 bits per heavy atom. The van der Waals surface area contributed by atoms with Crippen molar-refractivity contribution in [3.8, 4) is 56.4 Å². The van der Waals surface area contributed by atoms with E-state index >= 15 is 0 Å². The minimum Gasteiger partial charge on any atom is -0.208 e. The largest absolute Gasteiger partial charge is 0.208 e. The van der Waals surface area contributed by atoms with Gasteiger partial charge in [0.25, 0.3) is 0 Å². The van der Waals surface area contributed by atoms with Crippen molar-refractivity contribution in [3.05, 3.63) is 176 Å². The predicted molar refractivity (Wildman–Crippen MR) is 230 cm³/mol. The topological polar surface area (TPSA) is 38.7 Å². The summed E-state index contributed by atoms with van der Waals surface area (Å²) in [4.78, 5) is 15.0. The first-order valence-electron chi connectivity index (χ1n) is 21.8. The normalized spacial score (nSPS) is 14.0. The lowest BCUT2D eigenvalue weighted by Gasteiger charge is -2.10. The Bertz CT molecular complexity index is 3740. The van der Waals surface area contributed by atoms with Gasteiger partial charge in [-0.2, -0.15) is 0 Å². The van der Waals surface area contributed by atoms with Gasteiger partial charge in [0, 0.05) is 57.0 Å². The van der Waals surface area contributed by atoms with E-state index < -0.39 is 24.2 Å². The zero-order valence-electron chi connectivity index (χ0n) is 37.2. The summed E-state index contributed by atoms with van der Waals surface area (Å²) in [6.45, 7) is 0. The molecule has 0 aliphatic heterocycles. The molecule has 0 spiro atoms. The third-order valence-corrected chi connectivity index (χ3v) is 12.0. The van der Waals surface area contributed by atoms with E-state index in [-0.39, 0.29) is 51.8 Å². The molecule has 0 unspecified atom stereocenters. The number of nitrogens with zero attached hydrogens (tertiary/aromatic N) is 3. The first-order valence-corrected chi connectivity index (χ1v) is 18.9. The van der Waals surface area contributed by atoms with Crippen LogP contribution in [0.25, 0.3) is 108 Å². The van der Waals surface area contributed by atoms with Crippen molar-refractivity contribution in [2.24, 2.45) is 0 Å². The molecule has 8 aromatic carbocycles. The van der Waals surface area contributed by atoms with Gasteiger partial charge in [0.15, 0.2) is 17.5 Å². The van der Waals surface area contributed by atoms with E-state index in [9.17, 15) is 1.37 Å². The van der Waals surface area contributed by atoms with Crippen molar-refractivity contribution < 1.29 is 12.3 Å². The fourth-order valence-corrected chi connectivity index (χ4v) is 9.54. The van der Waals surface area contributed by atoms with Crippen LogP contribution in [0.15, 0.2) is 176 Å². The average Bonchev–Trinajstić information content (AvgIpc) is 3.90. The average molecular weight is 733 g/mol. The third-order valence-electron chi connectivity index (χ3n) is 9.65. The molecule has 11 aromatic rings. The maximum absolute atomic E-state index is 9.22. The molecule has 11 rings (SSSR count). The number of thiophene rings is 2. The van der Waals surface area contributed by atoms with E-state index in [1.807, 2.05) is 72.8 Å². The van der Waals surface area contributed by atoms with Gasteiger partial charge in [0.2, 0.25) is 0 Å². The number of benzene rings is 8. The highest BCUT2D eigenvalue weighted by molar-refractivity contribution is 7.27. The fourth-order valence-electron chi connectivity index (χ4n) is 7.13. The SMILES string of the molecule is [2H]c1c([2H])c([2H])c2c(sc3c4c([2H])c([2H])c([2H])c([2H])c4c([2H])c([2H])c32)c1-c1cccc(-c2nc(-c3ccccc3)nc(-c3ccc4c(c3)sc3cccc(-c5ccccc5)c34)n2)c1. The maximum atomic E-state index is 9.22. The second-order valence-corrected chi connectivity index (χ2v) is 15.0. The van der Waals surface area contributed by atoms with Crippen LogP contribution in [0.4, 0.5) is 0 Å². The molecule has 0 bridgehead atoms. The lowest BCUT2D eigenvalue weighted by molar-refractivity contribution is 1.07. The van der Waals surface area contributed by atoms with E-state index in [2.05, 4.69) is 42.5 Å². The highest BCUT2D eigenvalue weighted by Gasteiger charge is 2.17. The van der Waals surface area contributed by atoms with Crippen molar-refractivity contribution in [1.82, 2.24) is 15.0 Å². The summed E-state index contributed by atoms with van der Waals surface area (Å²) in [6.07, 6.45) is 0. The molecule has 0 amide bonds. The molecule has 252 valence electrons. The molecule has 0 aliphatic carbocycles. The smallest absolute Gasteiger partial charge is 0.164 e. The second kappa shape index (κ2) is 12.6. The summed E-state index contributed by atoms with van der Waals surface area (Å²) in [5, 5.41) is 2.66. The Labute approximate surface area is 332 Å². The number of hydrogen-bond donors (Lipinski definition) is 0. The molecule has 0 aliphatic rings. The maximum Gasteiger partial charge on any atom is 0.164 e. The van der Waals surface area contributed by atoms with Crippen molar-refractivity contribution in [1.29, 1.82) is 0 Å². The molecular formula is C49H29N3S2. The minimum absolute atomic E-state index is 0.0759. The van der Waals surface area contributed by atoms with Crippen LogP contribution in [-0.4, -0.2) is 15.0 Å². The van der Waals surface area contributed by atoms with E-state index in [0.717, 1.165) is 38.1 Å². The lowest BCUT2D eigenvalue weighted by atomic mass is 9.99. The van der Waals surface area contributed by atoms with E-state index in [4.69, 9.17) is 25.9 Å². The van der Waals surface area contributed by atoms with Crippen molar-refractivity contribution in [2.75, 3.05) is 0 Å². The molecule has 0 radical (unpaired) electrons. The van der Waals surface area contributed by atoms with E-state index in [1.165, 1.54) is 15.6 Å². The Morgan fingerprint density at radius 2 is 1.06 bits per heavy atom. The highest BCUT2D eigenvalue weighted by Crippen LogP contribution is 2.44.